The molecule has 0 spiro atoms. The van der Waals surface area contributed by atoms with Gasteiger partial charge >= 0.3 is 6.03 Å². The molecule has 2 amide bonds. The number of aliphatic imine (C=N–C) groups is 1. The quantitative estimate of drug-likeness (QED) is 0.465. The van der Waals surface area contributed by atoms with E-state index in [9.17, 15) is 4.79 Å². The average Bonchev–Trinajstić information content (AvgIpc) is 2.35. The predicted molar refractivity (Wildman–Crippen MR) is 71.3 cm³/mol. The lowest BCUT2D eigenvalue weighted by Crippen LogP contribution is -2.33. The maximum absolute atomic E-state index is 11.4. The molecule has 0 aliphatic carbocycles. The van der Waals surface area contributed by atoms with Gasteiger partial charge in [0.05, 0.1) is 0 Å². The summed E-state index contributed by atoms with van der Waals surface area (Å²) < 4.78 is 0. The van der Waals surface area contributed by atoms with Crippen LogP contribution in [0.4, 0.5) is 4.79 Å². The number of hydrogen-bond donors (Lipinski definition) is 2. The van der Waals surface area contributed by atoms with Crippen molar-refractivity contribution in [2.75, 3.05) is 20.6 Å². The molecule has 1 aromatic rings. The Balaban J connectivity index is 2.22. The first kappa shape index (κ1) is 14.0. The smallest absolute Gasteiger partial charge is 0.344 e. The van der Waals surface area contributed by atoms with Crippen molar-refractivity contribution in [2.24, 2.45) is 10.7 Å². The van der Waals surface area contributed by atoms with Crippen molar-refractivity contribution in [2.45, 2.75) is 12.8 Å². The van der Waals surface area contributed by atoms with E-state index in [1.165, 1.54) is 5.56 Å². The minimum absolute atomic E-state index is 0.196. The third-order valence-corrected chi connectivity index (χ3v) is 2.34. The fraction of sp³-hybridized carbons (Fsp3) is 0.417. The Kier molecular flexibility index (Phi) is 5.63. The van der Waals surface area contributed by atoms with Crippen LogP contribution in [0.15, 0.2) is 29.5 Å². The summed E-state index contributed by atoms with van der Waals surface area (Å²) in [4.78, 5) is 20.6. The second-order valence-corrected chi connectivity index (χ2v) is 4.06. The Morgan fingerprint density at radius 2 is 2.11 bits per heavy atom. The highest BCUT2D eigenvalue weighted by Gasteiger charge is 2.01. The van der Waals surface area contributed by atoms with Gasteiger partial charge in [-0.25, -0.2) is 4.79 Å². The third kappa shape index (κ3) is 5.29. The van der Waals surface area contributed by atoms with E-state index in [0.717, 1.165) is 12.8 Å². The number of aromatic nitrogens is 1. The number of carbonyl (C=O) groups excluding carboxylic acids is 1. The zero-order valence-corrected chi connectivity index (χ0v) is 10.8. The van der Waals surface area contributed by atoms with E-state index in [4.69, 9.17) is 5.73 Å². The summed E-state index contributed by atoms with van der Waals surface area (Å²) in [6.45, 7) is 0.575. The lowest BCUT2D eigenvalue weighted by atomic mass is 10.1. The molecule has 0 saturated heterocycles. The first-order valence-corrected chi connectivity index (χ1v) is 5.78. The second-order valence-electron chi connectivity index (χ2n) is 4.06. The lowest BCUT2D eigenvalue weighted by molar-refractivity contribution is 0.249. The van der Waals surface area contributed by atoms with Gasteiger partial charge in [0.15, 0.2) is 5.96 Å². The Morgan fingerprint density at radius 1 is 1.44 bits per heavy atom. The summed E-state index contributed by atoms with van der Waals surface area (Å²) >= 11 is 0. The van der Waals surface area contributed by atoms with Crippen LogP contribution in [0.3, 0.4) is 0 Å². The highest BCUT2D eigenvalue weighted by Crippen LogP contribution is 1.99. The monoisotopic (exact) mass is 249 g/mol. The van der Waals surface area contributed by atoms with Crippen molar-refractivity contribution in [1.82, 2.24) is 15.2 Å². The molecule has 0 aliphatic rings. The number of rotatable bonds is 4. The third-order valence-electron chi connectivity index (χ3n) is 2.34. The molecule has 0 saturated carbocycles. The van der Waals surface area contributed by atoms with Crippen LogP contribution in [0.1, 0.15) is 12.0 Å². The number of guanidine groups is 1. The highest BCUT2D eigenvalue weighted by atomic mass is 16.2. The van der Waals surface area contributed by atoms with Crippen LogP contribution >= 0.6 is 0 Å². The molecular weight excluding hydrogens is 230 g/mol. The molecular formula is C12H19N5O. The van der Waals surface area contributed by atoms with Crippen LogP contribution in [-0.2, 0) is 6.42 Å². The standard InChI is InChI=1S/C12H19N5O/c1-17(2)11(13)16-12(18)15-7-3-4-10-5-8-14-9-6-10/h5-6,8-9H,3-4,7H2,1-2H3,(H3,13,15,16,18). The minimum Gasteiger partial charge on any atom is -0.369 e. The molecule has 1 rings (SSSR count). The molecule has 0 fully saturated rings. The van der Waals surface area contributed by atoms with Gasteiger partial charge in [0, 0.05) is 33.0 Å². The Hall–Kier alpha value is -2.11. The highest BCUT2D eigenvalue weighted by molar-refractivity contribution is 5.91. The van der Waals surface area contributed by atoms with E-state index in [2.05, 4.69) is 15.3 Å². The zero-order chi connectivity index (χ0) is 13.4. The average molecular weight is 249 g/mol. The van der Waals surface area contributed by atoms with E-state index in [-0.39, 0.29) is 5.96 Å². The fourth-order valence-electron chi connectivity index (χ4n) is 1.28. The van der Waals surface area contributed by atoms with Gasteiger partial charge in [-0.05, 0) is 30.5 Å². The van der Waals surface area contributed by atoms with E-state index in [1.807, 2.05) is 12.1 Å². The Bertz CT molecular complexity index is 402. The van der Waals surface area contributed by atoms with Crippen molar-refractivity contribution in [3.63, 3.8) is 0 Å². The molecule has 6 nitrogen and oxygen atoms in total. The maximum Gasteiger partial charge on any atom is 0.344 e. The van der Waals surface area contributed by atoms with Crippen molar-refractivity contribution >= 4 is 12.0 Å². The van der Waals surface area contributed by atoms with E-state index >= 15 is 0 Å². The van der Waals surface area contributed by atoms with Gasteiger partial charge in [-0.3, -0.25) is 4.98 Å². The largest absolute Gasteiger partial charge is 0.369 e. The zero-order valence-electron chi connectivity index (χ0n) is 10.8. The number of nitrogens with zero attached hydrogens (tertiary/aromatic N) is 3. The molecule has 0 unspecified atom stereocenters. The topological polar surface area (TPSA) is 83.6 Å². The van der Waals surface area contributed by atoms with Crippen LogP contribution < -0.4 is 11.1 Å². The second kappa shape index (κ2) is 7.26. The first-order valence-electron chi connectivity index (χ1n) is 5.78. The van der Waals surface area contributed by atoms with Crippen molar-refractivity contribution in [3.8, 4) is 0 Å². The summed E-state index contributed by atoms with van der Waals surface area (Å²) in [6, 6.07) is 3.52. The number of carbonyl (C=O) groups is 1. The van der Waals surface area contributed by atoms with Crippen LogP contribution in [-0.4, -0.2) is 42.5 Å². The molecule has 6 heteroatoms. The molecule has 1 heterocycles. The summed E-state index contributed by atoms with van der Waals surface area (Å²) in [6.07, 6.45) is 5.27. The number of pyridine rings is 1. The normalized spacial score (nSPS) is 11.1. The molecule has 0 bridgehead atoms. The van der Waals surface area contributed by atoms with E-state index in [1.54, 1.807) is 31.4 Å². The molecule has 18 heavy (non-hydrogen) atoms. The van der Waals surface area contributed by atoms with Gasteiger partial charge in [0.2, 0.25) is 0 Å². The van der Waals surface area contributed by atoms with Gasteiger partial charge in [-0.2, -0.15) is 4.99 Å². The van der Waals surface area contributed by atoms with Crippen molar-refractivity contribution in [3.05, 3.63) is 30.1 Å². The van der Waals surface area contributed by atoms with Crippen LogP contribution in [0, 0.1) is 0 Å². The van der Waals surface area contributed by atoms with Crippen molar-refractivity contribution < 1.29 is 4.79 Å². The molecule has 0 radical (unpaired) electrons. The summed E-state index contributed by atoms with van der Waals surface area (Å²) in [5.74, 6) is 0.196. The number of nitrogens with two attached hydrogens (primary N) is 1. The minimum atomic E-state index is -0.407. The molecule has 98 valence electrons. The van der Waals surface area contributed by atoms with Crippen LogP contribution in [0.5, 0.6) is 0 Å². The van der Waals surface area contributed by atoms with Gasteiger partial charge < -0.3 is 16.0 Å². The lowest BCUT2D eigenvalue weighted by Gasteiger charge is -2.09. The summed E-state index contributed by atoms with van der Waals surface area (Å²) in [5, 5.41) is 2.69. The van der Waals surface area contributed by atoms with Gasteiger partial charge in [0.1, 0.15) is 0 Å². The number of urea groups is 1. The number of hydrogen-bond acceptors (Lipinski definition) is 2. The summed E-state index contributed by atoms with van der Waals surface area (Å²) in [5.41, 5.74) is 6.73. The number of nitrogens with one attached hydrogen (secondary N) is 1. The van der Waals surface area contributed by atoms with Gasteiger partial charge in [-0.15, -0.1) is 0 Å². The van der Waals surface area contributed by atoms with Crippen LogP contribution in [0.2, 0.25) is 0 Å². The maximum atomic E-state index is 11.4. The molecule has 0 aliphatic heterocycles. The SMILES string of the molecule is CN(C)C(N)=NC(=O)NCCCc1ccncc1. The fourth-order valence-corrected chi connectivity index (χ4v) is 1.28. The Labute approximate surface area is 107 Å². The molecule has 1 aromatic heterocycles. The predicted octanol–water partition coefficient (Wildman–Crippen LogP) is 0.600. The van der Waals surface area contributed by atoms with Gasteiger partial charge in [0.25, 0.3) is 0 Å². The molecule has 3 N–H and O–H groups in total. The Morgan fingerprint density at radius 3 is 2.72 bits per heavy atom. The first-order chi connectivity index (χ1) is 8.59. The van der Waals surface area contributed by atoms with Crippen molar-refractivity contribution in [1.29, 1.82) is 0 Å². The number of amides is 2. The molecule has 0 aromatic carbocycles. The van der Waals surface area contributed by atoms with Gasteiger partial charge in [-0.1, -0.05) is 0 Å². The van der Waals surface area contributed by atoms with E-state index < -0.39 is 6.03 Å². The summed E-state index contributed by atoms with van der Waals surface area (Å²) in [7, 11) is 3.46. The molecule has 0 atom stereocenters. The van der Waals surface area contributed by atoms with E-state index in [0.29, 0.717) is 6.54 Å². The van der Waals surface area contributed by atoms with Crippen LogP contribution in [0.25, 0.3) is 0 Å². The number of aryl methyl sites for hydroxylation is 1.